The summed E-state index contributed by atoms with van der Waals surface area (Å²) in [6.07, 6.45) is 2.78. The summed E-state index contributed by atoms with van der Waals surface area (Å²) in [5.74, 6) is 1.17. The fourth-order valence-corrected chi connectivity index (χ4v) is 5.94. The summed E-state index contributed by atoms with van der Waals surface area (Å²) in [4.78, 5) is 16.6. The third-order valence-corrected chi connectivity index (χ3v) is 6.93. The molecule has 2 fully saturated rings. The molecule has 2 aliphatic carbocycles. The summed E-state index contributed by atoms with van der Waals surface area (Å²) in [5, 5.41) is 5.15. The number of rotatable bonds is 0. The molecule has 2 N–H and O–H groups in total. The van der Waals surface area contributed by atoms with E-state index in [2.05, 4.69) is 55.3 Å². The van der Waals surface area contributed by atoms with Gasteiger partial charge in [-0.2, -0.15) is 0 Å². The zero-order valence-corrected chi connectivity index (χ0v) is 14.1. The molecule has 1 saturated carbocycles. The van der Waals surface area contributed by atoms with Crippen LogP contribution in [0.5, 0.6) is 0 Å². The molecule has 2 aromatic rings. The predicted octanol–water partition coefficient (Wildman–Crippen LogP) is 3.33. The third kappa shape index (κ3) is 1.61. The zero-order valence-electron chi connectivity index (χ0n) is 14.1. The van der Waals surface area contributed by atoms with Gasteiger partial charge in [0, 0.05) is 52.4 Å². The average Bonchev–Trinajstić information content (AvgIpc) is 2.84. The minimum atomic E-state index is -0.0803. The van der Waals surface area contributed by atoms with Gasteiger partial charge in [0.25, 0.3) is 0 Å². The molecule has 5 rings (SSSR count). The zero-order chi connectivity index (χ0) is 16.0. The lowest BCUT2D eigenvalue weighted by Crippen LogP contribution is -2.69. The van der Waals surface area contributed by atoms with Gasteiger partial charge in [-0.3, -0.25) is 4.79 Å². The summed E-state index contributed by atoms with van der Waals surface area (Å²) < 4.78 is 0. The normalized spacial score (nSPS) is 37.7. The molecule has 1 aliphatic heterocycles. The molecule has 0 spiro atoms. The minimum Gasteiger partial charge on any atom is -0.358 e. The van der Waals surface area contributed by atoms with Crippen LogP contribution in [0.25, 0.3) is 10.9 Å². The Bertz CT molecular complexity index is 833. The first-order valence-electron chi connectivity index (χ1n) is 8.80. The van der Waals surface area contributed by atoms with Gasteiger partial charge in [0.2, 0.25) is 0 Å². The molecule has 1 saturated heterocycles. The summed E-state index contributed by atoms with van der Waals surface area (Å²) in [6.45, 7) is 6.74. The molecule has 4 atom stereocenters. The fourth-order valence-electron chi connectivity index (χ4n) is 5.94. The van der Waals surface area contributed by atoms with Crippen molar-refractivity contribution in [3.8, 4) is 0 Å². The number of H-pyrrole nitrogens is 1. The van der Waals surface area contributed by atoms with Crippen LogP contribution in [0.1, 0.15) is 44.9 Å². The molecule has 4 unspecified atom stereocenters. The molecule has 120 valence electrons. The van der Waals surface area contributed by atoms with E-state index in [9.17, 15) is 4.79 Å². The van der Waals surface area contributed by atoms with Gasteiger partial charge in [0.05, 0.1) is 0 Å². The molecule has 23 heavy (non-hydrogen) atoms. The van der Waals surface area contributed by atoms with Gasteiger partial charge in [-0.1, -0.05) is 25.1 Å². The monoisotopic (exact) mass is 308 g/mol. The van der Waals surface area contributed by atoms with Crippen LogP contribution in [0.4, 0.5) is 0 Å². The van der Waals surface area contributed by atoms with Crippen molar-refractivity contribution in [2.24, 2.45) is 11.8 Å². The number of fused-ring (bicyclic) bond motifs is 5. The first-order valence-corrected chi connectivity index (χ1v) is 8.80. The first kappa shape index (κ1) is 13.8. The lowest BCUT2D eigenvalue weighted by Gasteiger charge is -2.59. The maximum atomic E-state index is 12.9. The number of piperidine rings is 1. The SMILES string of the molecule is CC1(C)NC2Cc3[nH]c4ccccc4c3C3(C)CC(=O)C1CC23. The Labute approximate surface area is 136 Å². The van der Waals surface area contributed by atoms with Crippen molar-refractivity contribution in [2.45, 2.75) is 57.0 Å². The fraction of sp³-hybridized carbons (Fsp3) is 0.550. The van der Waals surface area contributed by atoms with E-state index >= 15 is 0 Å². The molecule has 0 radical (unpaired) electrons. The molecule has 1 aromatic heterocycles. The van der Waals surface area contributed by atoms with Gasteiger partial charge in [0.1, 0.15) is 5.78 Å². The molecule has 1 aromatic carbocycles. The number of aromatic amines is 1. The van der Waals surface area contributed by atoms with E-state index in [1.807, 2.05) is 0 Å². The van der Waals surface area contributed by atoms with Crippen molar-refractivity contribution in [2.75, 3.05) is 0 Å². The van der Waals surface area contributed by atoms with Gasteiger partial charge in [-0.25, -0.2) is 0 Å². The molecule has 3 heteroatoms. The third-order valence-electron chi connectivity index (χ3n) is 6.93. The van der Waals surface area contributed by atoms with E-state index in [4.69, 9.17) is 0 Å². The molecule has 0 amide bonds. The van der Waals surface area contributed by atoms with E-state index < -0.39 is 0 Å². The lowest BCUT2D eigenvalue weighted by atomic mass is 9.50. The number of ketones is 1. The Balaban J connectivity index is 1.76. The minimum absolute atomic E-state index is 0.0328. The van der Waals surface area contributed by atoms with E-state index in [1.165, 1.54) is 22.2 Å². The van der Waals surface area contributed by atoms with Crippen LogP contribution in [-0.4, -0.2) is 22.3 Å². The van der Waals surface area contributed by atoms with Crippen molar-refractivity contribution < 1.29 is 4.79 Å². The molecule has 3 aliphatic rings. The Hall–Kier alpha value is -1.61. The van der Waals surface area contributed by atoms with Gasteiger partial charge in [0.15, 0.2) is 0 Å². The predicted molar refractivity (Wildman–Crippen MR) is 91.6 cm³/mol. The Morgan fingerprint density at radius 1 is 1.17 bits per heavy atom. The highest BCUT2D eigenvalue weighted by Crippen LogP contribution is 2.56. The van der Waals surface area contributed by atoms with Gasteiger partial charge in [-0.15, -0.1) is 0 Å². The Kier molecular flexibility index (Phi) is 2.44. The summed E-state index contributed by atoms with van der Waals surface area (Å²) >= 11 is 0. The lowest BCUT2D eigenvalue weighted by molar-refractivity contribution is -0.136. The van der Waals surface area contributed by atoms with Crippen molar-refractivity contribution in [1.29, 1.82) is 0 Å². The van der Waals surface area contributed by atoms with Crippen LogP contribution in [0, 0.1) is 11.8 Å². The highest BCUT2D eigenvalue weighted by Gasteiger charge is 2.58. The first-order chi connectivity index (χ1) is 10.9. The van der Waals surface area contributed by atoms with Gasteiger partial charge in [-0.05, 0) is 37.8 Å². The number of hydrogen-bond acceptors (Lipinski definition) is 2. The molecule has 2 bridgehead atoms. The number of para-hydroxylation sites is 1. The summed E-state index contributed by atoms with van der Waals surface area (Å²) in [6, 6.07) is 9.04. The number of Topliss-reactive ketones (excluding diaryl/α,β-unsaturated/α-hetero) is 1. The molecular formula is C20H24N2O. The second-order valence-corrected chi connectivity index (χ2v) is 8.66. The number of nitrogens with one attached hydrogen (secondary N) is 2. The van der Waals surface area contributed by atoms with Crippen molar-refractivity contribution in [1.82, 2.24) is 10.3 Å². The van der Waals surface area contributed by atoms with Crippen LogP contribution in [0.15, 0.2) is 24.3 Å². The van der Waals surface area contributed by atoms with E-state index in [1.54, 1.807) is 0 Å². The number of carbonyl (C=O) groups excluding carboxylic acids is 1. The van der Waals surface area contributed by atoms with Crippen molar-refractivity contribution in [3.05, 3.63) is 35.5 Å². The largest absolute Gasteiger partial charge is 0.358 e. The maximum Gasteiger partial charge on any atom is 0.138 e. The van der Waals surface area contributed by atoms with Gasteiger partial charge < -0.3 is 10.3 Å². The second-order valence-electron chi connectivity index (χ2n) is 8.66. The average molecular weight is 308 g/mol. The maximum absolute atomic E-state index is 12.9. The van der Waals surface area contributed by atoms with E-state index in [-0.39, 0.29) is 16.9 Å². The quantitative estimate of drug-likeness (QED) is 0.784. The second kappa shape index (κ2) is 4.07. The Morgan fingerprint density at radius 2 is 1.96 bits per heavy atom. The van der Waals surface area contributed by atoms with E-state index in [0.717, 1.165) is 12.8 Å². The van der Waals surface area contributed by atoms with Crippen LogP contribution in [0.2, 0.25) is 0 Å². The number of benzene rings is 1. The van der Waals surface area contributed by atoms with Crippen LogP contribution in [0.3, 0.4) is 0 Å². The van der Waals surface area contributed by atoms with Crippen molar-refractivity contribution >= 4 is 16.7 Å². The van der Waals surface area contributed by atoms with Crippen LogP contribution >= 0.6 is 0 Å². The standard InChI is InChI=1S/C20H24N2O/c1-19(2)13-8-12-15(22-19)9-16-18(20(12,3)10-17(13)23)11-6-4-5-7-14(11)21-16/h4-7,12-13,15,21-22H,8-10H2,1-3H3. The highest BCUT2D eigenvalue weighted by atomic mass is 16.1. The summed E-state index contributed by atoms with van der Waals surface area (Å²) in [7, 11) is 0. The number of carbonyl (C=O) groups is 1. The molecule has 3 nitrogen and oxygen atoms in total. The number of hydrogen-bond donors (Lipinski definition) is 2. The Morgan fingerprint density at radius 3 is 2.78 bits per heavy atom. The molecular weight excluding hydrogens is 284 g/mol. The van der Waals surface area contributed by atoms with E-state index in [0.29, 0.717) is 24.2 Å². The molecule has 2 heterocycles. The van der Waals surface area contributed by atoms with Crippen molar-refractivity contribution in [3.63, 3.8) is 0 Å². The summed E-state index contributed by atoms with van der Waals surface area (Å²) in [5.41, 5.74) is 3.86. The van der Waals surface area contributed by atoms with Gasteiger partial charge >= 0.3 is 0 Å². The highest BCUT2D eigenvalue weighted by molar-refractivity contribution is 5.90. The van der Waals surface area contributed by atoms with Crippen LogP contribution < -0.4 is 5.32 Å². The number of aromatic nitrogens is 1. The smallest absolute Gasteiger partial charge is 0.138 e. The topological polar surface area (TPSA) is 44.9 Å². The van der Waals surface area contributed by atoms with Crippen LogP contribution in [-0.2, 0) is 16.6 Å².